The summed E-state index contributed by atoms with van der Waals surface area (Å²) in [5, 5.41) is 7.76. The van der Waals surface area contributed by atoms with Gasteiger partial charge < -0.3 is 5.11 Å². The predicted molar refractivity (Wildman–Crippen MR) is 25.8 cm³/mol. The quantitative estimate of drug-likeness (QED) is 0.621. The molecule has 0 aromatic rings. The number of hydrogen-bond donors (Lipinski definition) is 1. The Labute approximate surface area is 51.2 Å². The van der Waals surface area contributed by atoms with Crippen LogP contribution in [0.5, 0.6) is 0 Å². The van der Waals surface area contributed by atoms with Crippen molar-refractivity contribution in [1.82, 2.24) is 0 Å². The standard InChI is InChI=1S/C3H6O.Po.2H/c1-2-3-4;;;/h2,4H,1,3H2;;;. The summed E-state index contributed by atoms with van der Waals surface area (Å²) in [6, 6.07) is 0. The molecule has 0 unspecified atom stereocenters. The van der Waals surface area contributed by atoms with Gasteiger partial charge in [-0.05, 0) is 0 Å². The number of aliphatic hydroxyl groups is 1. The van der Waals surface area contributed by atoms with Crippen LogP contribution in [0.1, 0.15) is 0 Å². The van der Waals surface area contributed by atoms with Crippen LogP contribution < -0.4 is 0 Å². The Bertz CT molecular complexity index is 20.9. The van der Waals surface area contributed by atoms with Crippen LogP contribution in [0.15, 0.2) is 12.7 Å². The molecule has 0 spiro atoms. The molecule has 5 heavy (non-hydrogen) atoms. The molecule has 0 atom stereocenters. The van der Waals surface area contributed by atoms with Crippen LogP contribution >= 0.6 is 0 Å². The molecule has 0 amide bonds. The molecule has 0 saturated heterocycles. The van der Waals surface area contributed by atoms with Crippen molar-refractivity contribution in [3.63, 3.8) is 0 Å². The fourth-order valence-electron chi connectivity index (χ4n) is 0. The molecule has 0 aliphatic rings. The Morgan fingerprint density at radius 2 is 2.00 bits per heavy atom. The summed E-state index contributed by atoms with van der Waals surface area (Å²) in [6.07, 6.45) is 1.43. The predicted octanol–water partition coefficient (Wildman–Crippen LogP) is -0.752. The minimum absolute atomic E-state index is 0. The maximum atomic E-state index is 7.76. The fraction of sp³-hybridized carbons (Fsp3) is 0.333. The van der Waals surface area contributed by atoms with Crippen molar-refractivity contribution in [2.45, 2.75) is 0 Å². The monoisotopic (exact) mass is 269 g/mol. The molecule has 0 radical (unpaired) electrons. The van der Waals surface area contributed by atoms with Crippen LogP contribution in [0, 0.1) is 0 Å². The average molecular weight is 269 g/mol. The van der Waals surface area contributed by atoms with Crippen molar-refractivity contribution in [1.29, 1.82) is 0 Å². The van der Waals surface area contributed by atoms with Crippen LogP contribution in [0.3, 0.4) is 0 Å². The summed E-state index contributed by atoms with van der Waals surface area (Å²) in [6.45, 7) is 3.31. The zero-order chi connectivity index (χ0) is 3.41. The van der Waals surface area contributed by atoms with Crippen molar-refractivity contribution < 1.29 is 5.11 Å². The van der Waals surface area contributed by atoms with E-state index in [4.69, 9.17) is 5.11 Å². The molecule has 0 heterocycles. The third kappa shape index (κ3) is 12.2. The Kier molecular flexibility index (Phi) is 16.1. The first-order chi connectivity index (χ1) is 1.91. The Morgan fingerprint density at radius 3 is 2.00 bits per heavy atom. The van der Waals surface area contributed by atoms with E-state index in [1.54, 1.807) is 0 Å². The molecule has 0 aliphatic carbocycles. The molecule has 1 N–H and O–H groups in total. The minimum atomic E-state index is 0. The number of rotatable bonds is 1. The van der Waals surface area contributed by atoms with Gasteiger partial charge in [0.15, 0.2) is 0 Å². The average Bonchev–Trinajstić information content (AvgIpc) is 1.37. The van der Waals surface area contributed by atoms with Crippen LogP contribution in [-0.2, 0) is 0 Å². The van der Waals surface area contributed by atoms with Gasteiger partial charge >= 0.3 is 26.6 Å². The maximum absolute atomic E-state index is 7.76. The zero-order valence-electron chi connectivity index (χ0n) is 2.94. The van der Waals surface area contributed by atoms with E-state index in [9.17, 15) is 0 Å². The van der Waals surface area contributed by atoms with Crippen molar-refractivity contribution in [3.05, 3.63) is 12.7 Å². The van der Waals surface area contributed by atoms with Gasteiger partial charge in [0.25, 0.3) is 0 Å². The molecule has 2 heteroatoms. The van der Waals surface area contributed by atoms with Gasteiger partial charge in [-0.2, -0.15) is 0 Å². The van der Waals surface area contributed by atoms with E-state index in [-0.39, 0.29) is 33.2 Å². The van der Waals surface area contributed by atoms with Crippen LogP contribution in [-0.4, -0.2) is 38.3 Å². The fourth-order valence-corrected chi connectivity index (χ4v) is 0. The van der Waals surface area contributed by atoms with Crippen molar-refractivity contribution >= 4 is 26.6 Å². The zero-order valence-corrected chi connectivity index (χ0v) is 6.83. The first kappa shape index (κ1) is 9.14. The molecule has 32 valence electrons. The summed E-state index contributed by atoms with van der Waals surface area (Å²) >= 11 is 0. The second-order valence-electron chi connectivity index (χ2n) is 0.471. The molecule has 0 saturated carbocycles. The second kappa shape index (κ2) is 8.82. The van der Waals surface area contributed by atoms with Gasteiger partial charge in [0.05, 0.1) is 6.61 Å². The second-order valence-corrected chi connectivity index (χ2v) is 0.471. The Hall–Kier alpha value is 0.596. The van der Waals surface area contributed by atoms with Gasteiger partial charge in [-0.25, -0.2) is 0 Å². The van der Waals surface area contributed by atoms with Crippen LogP contribution in [0.2, 0.25) is 0 Å². The summed E-state index contributed by atoms with van der Waals surface area (Å²) in [4.78, 5) is 0. The van der Waals surface area contributed by atoms with Crippen molar-refractivity contribution in [2.24, 2.45) is 0 Å². The Morgan fingerprint density at radius 1 is 1.80 bits per heavy atom. The van der Waals surface area contributed by atoms with Crippen molar-refractivity contribution in [2.75, 3.05) is 6.61 Å². The van der Waals surface area contributed by atoms with E-state index in [1.165, 1.54) is 6.08 Å². The van der Waals surface area contributed by atoms with Crippen molar-refractivity contribution in [3.8, 4) is 0 Å². The molecular formula is C3H8OPo. The van der Waals surface area contributed by atoms with Gasteiger partial charge in [0.2, 0.25) is 0 Å². The van der Waals surface area contributed by atoms with Gasteiger partial charge in [-0.15, -0.1) is 6.58 Å². The first-order valence-corrected chi connectivity index (χ1v) is 1.13. The van der Waals surface area contributed by atoms with E-state index in [2.05, 4.69) is 6.58 Å². The topological polar surface area (TPSA) is 20.2 Å². The van der Waals surface area contributed by atoms with E-state index >= 15 is 0 Å². The molecule has 0 bridgehead atoms. The Balaban J connectivity index is 0. The SMILES string of the molecule is C=CCO.[PoH2]. The first-order valence-electron chi connectivity index (χ1n) is 1.13. The third-order valence-corrected chi connectivity index (χ3v) is 0.129. The normalized spacial score (nSPS) is 5.00. The van der Waals surface area contributed by atoms with E-state index in [1.807, 2.05) is 0 Å². The summed E-state index contributed by atoms with van der Waals surface area (Å²) in [5.74, 6) is 0. The molecule has 0 rings (SSSR count). The van der Waals surface area contributed by atoms with Crippen LogP contribution in [0.25, 0.3) is 0 Å². The summed E-state index contributed by atoms with van der Waals surface area (Å²) in [7, 11) is 0. The third-order valence-electron chi connectivity index (χ3n) is 0.129. The molecule has 0 fully saturated rings. The molecule has 0 aromatic heterocycles. The van der Waals surface area contributed by atoms with Crippen LogP contribution in [0.4, 0.5) is 0 Å². The van der Waals surface area contributed by atoms with Gasteiger partial charge in [0.1, 0.15) is 0 Å². The summed E-state index contributed by atoms with van der Waals surface area (Å²) < 4.78 is 0. The van der Waals surface area contributed by atoms with Gasteiger partial charge in [-0.3, -0.25) is 0 Å². The molecular weight excluding hydrogens is 261 g/mol. The number of aliphatic hydroxyl groups excluding tert-OH is 1. The van der Waals surface area contributed by atoms with E-state index < -0.39 is 0 Å². The van der Waals surface area contributed by atoms with Gasteiger partial charge in [-0.1, -0.05) is 6.08 Å². The van der Waals surface area contributed by atoms with Gasteiger partial charge in [0, 0.05) is 0 Å². The molecule has 1 nitrogen and oxygen atoms in total. The molecule has 0 aromatic carbocycles. The van der Waals surface area contributed by atoms with E-state index in [0.29, 0.717) is 0 Å². The molecule has 0 aliphatic heterocycles. The number of hydrogen-bond acceptors (Lipinski definition) is 1. The summed E-state index contributed by atoms with van der Waals surface area (Å²) in [5.41, 5.74) is 0. The van der Waals surface area contributed by atoms with E-state index in [0.717, 1.165) is 0 Å².